The highest BCUT2D eigenvalue weighted by Gasteiger charge is 2.13. The Morgan fingerprint density at radius 3 is 2.70 bits per heavy atom. The van der Waals surface area contributed by atoms with Gasteiger partial charge >= 0.3 is 0 Å². The van der Waals surface area contributed by atoms with Crippen LogP contribution in [0.25, 0.3) is 16.9 Å². The molecule has 6 nitrogen and oxygen atoms in total. The third-order valence-electron chi connectivity index (χ3n) is 2.92. The quantitative estimate of drug-likeness (QED) is 0.769. The molecule has 0 saturated carbocycles. The molecule has 0 radical (unpaired) electrons. The predicted octanol–water partition coefficient (Wildman–Crippen LogP) is 1.70. The van der Waals surface area contributed by atoms with Crippen molar-refractivity contribution in [3.8, 4) is 17.1 Å². The van der Waals surface area contributed by atoms with Crippen LogP contribution in [0.1, 0.15) is 0 Å². The van der Waals surface area contributed by atoms with E-state index in [2.05, 4.69) is 15.1 Å². The maximum Gasteiger partial charge on any atom is 0.216 e. The van der Waals surface area contributed by atoms with Gasteiger partial charge in [-0.1, -0.05) is 0 Å². The summed E-state index contributed by atoms with van der Waals surface area (Å²) >= 11 is 0. The highest BCUT2D eigenvalue weighted by atomic mass is 19.1. The zero-order valence-electron chi connectivity index (χ0n) is 10.9. The Bertz CT molecular complexity index is 784. The molecule has 3 heterocycles. The lowest BCUT2D eigenvalue weighted by molar-refractivity contribution is 0.435. The Morgan fingerprint density at radius 2 is 2.00 bits per heavy atom. The number of aromatic hydroxyl groups is 1. The Hall–Kier alpha value is -2.70. The zero-order chi connectivity index (χ0) is 14.3. The maximum absolute atomic E-state index is 13.2. The van der Waals surface area contributed by atoms with Crippen LogP contribution in [-0.4, -0.2) is 38.8 Å². The molecular formula is C13H12FN5O. The molecule has 3 aromatic rings. The first kappa shape index (κ1) is 12.3. The molecule has 0 amide bonds. The van der Waals surface area contributed by atoms with E-state index in [4.69, 9.17) is 0 Å². The molecule has 3 aromatic heterocycles. The molecule has 0 fully saturated rings. The molecule has 0 bridgehead atoms. The number of anilines is 1. The van der Waals surface area contributed by atoms with Crippen LogP contribution in [0.4, 0.5) is 10.1 Å². The number of pyridine rings is 1. The topological polar surface area (TPSA) is 66.6 Å². The number of halogens is 1. The van der Waals surface area contributed by atoms with E-state index in [1.165, 1.54) is 22.8 Å². The number of rotatable bonds is 2. The summed E-state index contributed by atoms with van der Waals surface area (Å²) in [6.07, 6.45) is 4.22. The lowest BCUT2D eigenvalue weighted by Crippen LogP contribution is -2.08. The lowest BCUT2D eigenvalue weighted by atomic mass is 10.2. The first-order valence-electron chi connectivity index (χ1n) is 5.92. The van der Waals surface area contributed by atoms with Crippen molar-refractivity contribution in [2.45, 2.75) is 0 Å². The monoisotopic (exact) mass is 273 g/mol. The van der Waals surface area contributed by atoms with Crippen LogP contribution in [0.15, 0.2) is 30.7 Å². The third-order valence-corrected chi connectivity index (χ3v) is 2.92. The summed E-state index contributed by atoms with van der Waals surface area (Å²) < 4.78 is 14.6. The van der Waals surface area contributed by atoms with Gasteiger partial charge in [-0.3, -0.25) is 4.98 Å². The molecule has 0 aliphatic carbocycles. The van der Waals surface area contributed by atoms with Crippen molar-refractivity contribution >= 4 is 11.3 Å². The van der Waals surface area contributed by atoms with E-state index in [9.17, 15) is 9.50 Å². The Kier molecular flexibility index (Phi) is 2.74. The summed E-state index contributed by atoms with van der Waals surface area (Å²) in [7, 11) is 3.71. The molecule has 0 unspecified atom stereocenters. The number of fused-ring (bicyclic) bond motifs is 1. The molecule has 0 aliphatic rings. The number of hydrogen-bond acceptors (Lipinski definition) is 5. The first-order chi connectivity index (χ1) is 9.56. The second-order valence-corrected chi connectivity index (χ2v) is 4.55. The first-order valence-corrected chi connectivity index (χ1v) is 5.92. The second-order valence-electron chi connectivity index (χ2n) is 4.55. The van der Waals surface area contributed by atoms with Gasteiger partial charge in [0.2, 0.25) is 5.88 Å². The summed E-state index contributed by atoms with van der Waals surface area (Å²) in [4.78, 5) is 10.0. The Morgan fingerprint density at radius 1 is 1.20 bits per heavy atom. The van der Waals surface area contributed by atoms with Crippen LogP contribution < -0.4 is 4.90 Å². The van der Waals surface area contributed by atoms with Gasteiger partial charge in [-0.15, -0.1) is 0 Å². The van der Waals surface area contributed by atoms with Crippen LogP contribution in [0, 0.1) is 5.82 Å². The lowest BCUT2D eigenvalue weighted by Gasteiger charge is -2.10. The third kappa shape index (κ3) is 1.93. The van der Waals surface area contributed by atoms with Gasteiger partial charge < -0.3 is 10.0 Å². The molecule has 0 atom stereocenters. The minimum absolute atomic E-state index is 0.0673. The molecular weight excluding hydrogens is 261 g/mol. The van der Waals surface area contributed by atoms with Crippen molar-refractivity contribution in [1.29, 1.82) is 0 Å². The molecule has 3 rings (SSSR count). The average molecular weight is 273 g/mol. The molecule has 102 valence electrons. The van der Waals surface area contributed by atoms with Gasteiger partial charge in [0.25, 0.3) is 0 Å². The van der Waals surface area contributed by atoms with Crippen LogP contribution in [0.5, 0.6) is 5.88 Å². The fourth-order valence-corrected chi connectivity index (χ4v) is 1.95. The van der Waals surface area contributed by atoms with Crippen molar-refractivity contribution in [2.24, 2.45) is 0 Å². The standard InChI is InChI=1S/C13H12FN5O/c1-18(2)11-7-16-19-12(20)4-10(17-13(11)19)8-3-9(14)6-15-5-8/h3-7,20H,1-2H3. The van der Waals surface area contributed by atoms with E-state index in [1.807, 2.05) is 19.0 Å². The number of aromatic nitrogens is 4. The van der Waals surface area contributed by atoms with E-state index < -0.39 is 5.82 Å². The minimum Gasteiger partial charge on any atom is -0.493 e. The van der Waals surface area contributed by atoms with Crippen molar-refractivity contribution in [3.63, 3.8) is 0 Å². The summed E-state index contributed by atoms with van der Waals surface area (Å²) in [5, 5.41) is 14.1. The molecule has 0 aromatic carbocycles. The minimum atomic E-state index is -0.454. The van der Waals surface area contributed by atoms with Crippen molar-refractivity contribution < 1.29 is 9.50 Å². The molecule has 7 heteroatoms. The van der Waals surface area contributed by atoms with Gasteiger partial charge in [0.15, 0.2) is 5.65 Å². The Labute approximate surface area is 114 Å². The Balaban J connectivity index is 2.25. The van der Waals surface area contributed by atoms with Gasteiger partial charge in [0.1, 0.15) is 11.5 Å². The van der Waals surface area contributed by atoms with Crippen LogP contribution in [0.3, 0.4) is 0 Å². The van der Waals surface area contributed by atoms with Gasteiger partial charge in [-0.05, 0) is 6.07 Å². The van der Waals surface area contributed by atoms with Gasteiger partial charge in [0.05, 0.1) is 18.1 Å². The van der Waals surface area contributed by atoms with Crippen molar-refractivity contribution in [3.05, 3.63) is 36.5 Å². The smallest absolute Gasteiger partial charge is 0.216 e. The SMILES string of the molecule is CN(C)c1cnn2c(O)cc(-c3cncc(F)c3)nc12. The maximum atomic E-state index is 13.2. The molecule has 0 aliphatic heterocycles. The van der Waals surface area contributed by atoms with Gasteiger partial charge in [-0.2, -0.15) is 9.61 Å². The predicted molar refractivity (Wildman–Crippen MR) is 72.2 cm³/mol. The normalized spacial score (nSPS) is 10.9. The van der Waals surface area contributed by atoms with Crippen molar-refractivity contribution in [2.75, 3.05) is 19.0 Å². The number of hydrogen-bond donors (Lipinski definition) is 1. The van der Waals surface area contributed by atoms with Crippen LogP contribution in [-0.2, 0) is 0 Å². The fourth-order valence-electron chi connectivity index (χ4n) is 1.95. The van der Waals surface area contributed by atoms with E-state index in [0.717, 1.165) is 11.9 Å². The summed E-state index contributed by atoms with van der Waals surface area (Å²) in [6, 6.07) is 2.74. The molecule has 0 spiro atoms. The average Bonchev–Trinajstić information content (AvgIpc) is 2.83. The van der Waals surface area contributed by atoms with E-state index in [0.29, 0.717) is 16.9 Å². The van der Waals surface area contributed by atoms with E-state index >= 15 is 0 Å². The highest BCUT2D eigenvalue weighted by molar-refractivity contribution is 5.72. The van der Waals surface area contributed by atoms with E-state index in [1.54, 1.807) is 6.20 Å². The summed E-state index contributed by atoms with van der Waals surface area (Å²) in [5.41, 5.74) is 2.18. The summed E-state index contributed by atoms with van der Waals surface area (Å²) in [6.45, 7) is 0. The van der Waals surface area contributed by atoms with Crippen LogP contribution in [0.2, 0.25) is 0 Å². The van der Waals surface area contributed by atoms with Crippen LogP contribution >= 0.6 is 0 Å². The molecule has 0 saturated heterocycles. The molecule has 20 heavy (non-hydrogen) atoms. The largest absolute Gasteiger partial charge is 0.493 e. The highest BCUT2D eigenvalue weighted by Crippen LogP contribution is 2.26. The number of nitrogens with zero attached hydrogens (tertiary/aromatic N) is 5. The zero-order valence-corrected chi connectivity index (χ0v) is 10.9. The van der Waals surface area contributed by atoms with Gasteiger partial charge in [0, 0.05) is 31.9 Å². The van der Waals surface area contributed by atoms with Gasteiger partial charge in [-0.25, -0.2) is 9.37 Å². The van der Waals surface area contributed by atoms with Crippen molar-refractivity contribution in [1.82, 2.24) is 19.6 Å². The summed E-state index contributed by atoms with van der Waals surface area (Å²) in [5.74, 6) is -0.521. The molecule has 1 N–H and O–H groups in total. The van der Waals surface area contributed by atoms with E-state index in [-0.39, 0.29) is 5.88 Å². The fraction of sp³-hybridized carbons (Fsp3) is 0.154. The second kappa shape index (κ2) is 4.44.